The lowest BCUT2D eigenvalue weighted by Gasteiger charge is -2.27. The van der Waals surface area contributed by atoms with E-state index in [0.717, 1.165) is 18.6 Å². The number of nitrogens with two attached hydrogens (primary N) is 1. The zero-order chi connectivity index (χ0) is 11.1. The molecule has 84 valence electrons. The summed E-state index contributed by atoms with van der Waals surface area (Å²) in [5.74, 6) is 0.990. The van der Waals surface area contributed by atoms with Gasteiger partial charge in [0.15, 0.2) is 0 Å². The van der Waals surface area contributed by atoms with Gasteiger partial charge in [-0.1, -0.05) is 30.3 Å². The number of hydrogen-bond acceptors (Lipinski definition) is 3. The van der Waals surface area contributed by atoms with Gasteiger partial charge >= 0.3 is 0 Å². The van der Waals surface area contributed by atoms with Crippen molar-refractivity contribution < 1.29 is 5.11 Å². The van der Waals surface area contributed by atoms with Crippen LogP contribution >= 0.6 is 11.8 Å². The summed E-state index contributed by atoms with van der Waals surface area (Å²) >= 11 is 1.76. The third-order valence-corrected chi connectivity index (χ3v) is 3.13. The summed E-state index contributed by atoms with van der Waals surface area (Å²) in [5.41, 5.74) is 6.87. The lowest BCUT2D eigenvalue weighted by Crippen LogP contribution is -2.46. The molecule has 2 nitrogen and oxygen atoms in total. The molecule has 1 aromatic rings. The lowest BCUT2D eigenvalue weighted by molar-refractivity contribution is 0.191. The third-order valence-electron chi connectivity index (χ3n) is 2.52. The van der Waals surface area contributed by atoms with E-state index in [-0.39, 0.29) is 6.61 Å². The summed E-state index contributed by atoms with van der Waals surface area (Å²) in [5, 5.41) is 9.34. The number of aliphatic hydroxyl groups excluding tert-OH is 1. The highest BCUT2D eigenvalue weighted by Gasteiger charge is 2.23. The summed E-state index contributed by atoms with van der Waals surface area (Å²) in [7, 11) is 0. The topological polar surface area (TPSA) is 46.2 Å². The second kappa shape index (κ2) is 6.16. The first-order valence-corrected chi connectivity index (χ1v) is 6.52. The van der Waals surface area contributed by atoms with Crippen molar-refractivity contribution in [1.29, 1.82) is 0 Å². The molecule has 0 spiro atoms. The maximum absolute atomic E-state index is 9.34. The van der Waals surface area contributed by atoms with E-state index in [1.165, 1.54) is 5.56 Å². The highest BCUT2D eigenvalue weighted by molar-refractivity contribution is 7.98. The molecule has 0 aliphatic heterocycles. The van der Waals surface area contributed by atoms with Crippen LogP contribution in [-0.4, -0.2) is 29.3 Å². The Balaban J connectivity index is 2.59. The highest BCUT2D eigenvalue weighted by Crippen LogP contribution is 2.16. The average molecular weight is 225 g/mol. The first-order valence-electron chi connectivity index (χ1n) is 5.13. The Kier molecular flexibility index (Phi) is 5.15. The van der Waals surface area contributed by atoms with Crippen LogP contribution in [0.15, 0.2) is 30.3 Å². The summed E-state index contributed by atoms with van der Waals surface area (Å²) in [6.07, 6.45) is 3.64. The van der Waals surface area contributed by atoms with Gasteiger partial charge in [0.05, 0.1) is 6.61 Å². The minimum absolute atomic E-state index is 0.0441. The van der Waals surface area contributed by atoms with Crippen molar-refractivity contribution in [2.24, 2.45) is 5.73 Å². The Labute approximate surface area is 95.9 Å². The predicted molar refractivity (Wildman–Crippen MR) is 67.1 cm³/mol. The fraction of sp³-hybridized carbons (Fsp3) is 0.500. The smallest absolute Gasteiger partial charge is 0.0614 e. The van der Waals surface area contributed by atoms with E-state index in [9.17, 15) is 5.11 Å². The molecule has 0 radical (unpaired) electrons. The maximum atomic E-state index is 9.34. The van der Waals surface area contributed by atoms with Crippen molar-refractivity contribution in [3.63, 3.8) is 0 Å². The number of thioether (sulfide) groups is 1. The van der Waals surface area contributed by atoms with Crippen molar-refractivity contribution in [2.45, 2.75) is 18.4 Å². The molecule has 0 aliphatic carbocycles. The molecular formula is C12H19NOS. The van der Waals surface area contributed by atoms with E-state index in [1.807, 2.05) is 18.2 Å². The van der Waals surface area contributed by atoms with Crippen molar-refractivity contribution in [1.82, 2.24) is 0 Å². The molecule has 0 heterocycles. The molecule has 0 unspecified atom stereocenters. The Morgan fingerprint density at radius 3 is 2.53 bits per heavy atom. The molecule has 1 atom stereocenters. The minimum atomic E-state index is -0.468. The number of rotatable bonds is 6. The summed E-state index contributed by atoms with van der Waals surface area (Å²) in [4.78, 5) is 0. The monoisotopic (exact) mass is 225 g/mol. The molecule has 0 bridgehead atoms. The van der Waals surface area contributed by atoms with E-state index < -0.39 is 5.54 Å². The lowest BCUT2D eigenvalue weighted by atomic mass is 9.90. The van der Waals surface area contributed by atoms with E-state index in [0.29, 0.717) is 0 Å². The van der Waals surface area contributed by atoms with Crippen LogP contribution in [0.3, 0.4) is 0 Å². The second-order valence-electron chi connectivity index (χ2n) is 3.93. The van der Waals surface area contributed by atoms with Gasteiger partial charge in [-0.05, 0) is 30.4 Å². The fourth-order valence-corrected chi connectivity index (χ4v) is 2.14. The summed E-state index contributed by atoms with van der Waals surface area (Å²) < 4.78 is 0. The van der Waals surface area contributed by atoms with Crippen molar-refractivity contribution in [3.8, 4) is 0 Å². The fourth-order valence-electron chi connectivity index (χ4n) is 1.53. The van der Waals surface area contributed by atoms with E-state index >= 15 is 0 Å². The van der Waals surface area contributed by atoms with Crippen LogP contribution in [0, 0.1) is 0 Å². The molecule has 3 heteroatoms. The Morgan fingerprint density at radius 2 is 2.00 bits per heavy atom. The van der Waals surface area contributed by atoms with Crippen LogP contribution in [0.5, 0.6) is 0 Å². The van der Waals surface area contributed by atoms with Gasteiger partial charge in [0.2, 0.25) is 0 Å². The normalized spacial score (nSPS) is 14.9. The zero-order valence-corrected chi connectivity index (χ0v) is 9.96. The molecule has 0 saturated carbocycles. The molecule has 0 fully saturated rings. The average Bonchev–Trinajstić information content (AvgIpc) is 2.28. The number of benzene rings is 1. The van der Waals surface area contributed by atoms with Gasteiger partial charge < -0.3 is 10.8 Å². The third kappa shape index (κ3) is 4.24. The molecule has 15 heavy (non-hydrogen) atoms. The van der Waals surface area contributed by atoms with Crippen molar-refractivity contribution >= 4 is 11.8 Å². The van der Waals surface area contributed by atoms with Crippen LogP contribution in [0.1, 0.15) is 12.0 Å². The molecule has 1 rings (SSSR count). The predicted octanol–water partition coefficient (Wildman–Crippen LogP) is 1.67. The zero-order valence-electron chi connectivity index (χ0n) is 9.15. The standard InChI is InChI=1S/C12H19NOS/c1-15-8-7-12(13,10-14)9-11-5-3-2-4-6-11/h2-6,14H,7-10,13H2,1H3/t12-/m1/s1. The molecule has 0 aliphatic rings. The first-order chi connectivity index (χ1) is 7.20. The van der Waals surface area contributed by atoms with Gasteiger partial charge in [0.25, 0.3) is 0 Å². The molecule has 1 aromatic carbocycles. The largest absolute Gasteiger partial charge is 0.394 e. The molecule has 0 saturated heterocycles. The summed E-state index contributed by atoms with van der Waals surface area (Å²) in [6.45, 7) is 0.0441. The van der Waals surface area contributed by atoms with E-state index in [2.05, 4.69) is 18.4 Å². The molecular weight excluding hydrogens is 206 g/mol. The SMILES string of the molecule is CSCC[C@](N)(CO)Cc1ccccc1. The first kappa shape index (κ1) is 12.6. The van der Waals surface area contributed by atoms with Gasteiger partial charge in [-0.25, -0.2) is 0 Å². The Hall–Kier alpha value is -0.510. The minimum Gasteiger partial charge on any atom is -0.394 e. The number of aliphatic hydroxyl groups is 1. The molecule has 0 amide bonds. The van der Waals surface area contributed by atoms with Crippen LogP contribution in [0.4, 0.5) is 0 Å². The van der Waals surface area contributed by atoms with Crippen LogP contribution in [0.2, 0.25) is 0 Å². The Bertz CT molecular complexity index is 278. The summed E-state index contributed by atoms with van der Waals surface area (Å²) in [6, 6.07) is 10.1. The van der Waals surface area contributed by atoms with Gasteiger partial charge in [-0.15, -0.1) is 0 Å². The van der Waals surface area contributed by atoms with E-state index in [4.69, 9.17) is 5.73 Å². The highest BCUT2D eigenvalue weighted by atomic mass is 32.2. The van der Waals surface area contributed by atoms with E-state index in [1.54, 1.807) is 11.8 Å². The van der Waals surface area contributed by atoms with Crippen LogP contribution in [0.25, 0.3) is 0 Å². The second-order valence-corrected chi connectivity index (χ2v) is 4.91. The van der Waals surface area contributed by atoms with Crippen LogP contribution < -0.4 is 5.73 Å². The number of hydrogen-bond donors (Lipinski definition) is 2. The van der Waals surface area contributed by atoms with Gasteiger partial charge in [0, 0.05) is 5.54 Å². The molecule has 0 aromatic heterocycles. The van der Waals surface area contributed by atoms with Crippen molar-refractivity contribution in [2.75, 3.05) is 18.6 Å². The van der Waals surface area contributed by atoms with Crippen molar-refractivity contribution in [3.05, 3.63) is 35.9 Å². The van der Waals surface area contributed by atoms with Gasteiger partial charge in [-0.2, -0.15) is 11.8 Å². The van der Waals surface area contributed by atoms with Crippen LogP contribution in [-0.2, 0) is 6.42 Å². The maximum Gasteiger partial charge on any atom is 0.0614 e. The van der Waals surface area contributed by atoms with Gasteiger partial charge in [0.1, 0.15) is 0 Å². The van der Waals surface area contributed by atoms with Gasteiger partial charge in [-0.3, -0.25) is 0 Å². The molecule has 3 N–H and O–H groups in total. The Morgan fingerprint density at radius 1 is 1.33 bits per heavy atom. The quantitative estimate of drug-likeness (QED) is 0.774.